The van der Waals surface area contributed by atoms with Gasteiger partial charge in [0.25, 0.3) is 0 Å². The molecule has 0 bridgehead atoms. The summed E-state index contributed by atoms with van der Waals surface area (Å²) >= 11 is 0. The van der Waals surface area contributed by atoms with Crippen LogP contribution in [0.4, 0.5) is 4.39 Å². The Labute approximate surface area is 187 Å². The van der Waals surface area contributed by atoms with E-state index in [2.05, 4.69) is 58.4 Å². The van der Waals surface area contributed by atoms with Crippen LogP contribution in [-0.4, -0.2) is 37.9 Å². The number of halogens is 1. The van der Waals surface area contributed by atoms with Crippen molar-refractivity contribution in [3.05, 3.63) is 53.1 Å². The smallest absolute Gasteiger partial charge is 0.159 e. The molecule has 7 heteroatoms. The maximum absolute atomic E-state index is 14.2. The number of imidazole rings is 1. The van der Waals surface area contributed by atoms with E-state index in [-0.39, 0.29) is 5.92 Å². The summed E-state index contributed by atoms with van der Waals surface area (Å²) in [6.45, 7) is 8.06. The molecule has 0 amide bonds. The maximum atomic E-state index is 14.2. The number of benzene rings is 1. The second-order valence-corrected chi connectivity index (χ2v) is 8.68. The molecule has 5 rings (SSSR count). The summed E-state index contributed by atoms with van der Waals surface area (Å²) in [4.78, 5) is 12.7. The van der Waals surface area contributed by atoms with E-state index in [1.165, 1.54) is 11.1 Å². The first-order valence-corrected chi connectivity index (χ1v) is 11.4. The van der Waals surface area contributed by atoms with Crippen molar-refractivity contribution in [1.82, 2.24) is 30.5 Å². The van der Waals surface area contributed by atoms with Crippen LogP contribution >= 0.6 is 0 Å². The molecule has 2 unspecified atom stereocenters. The Balaban J connectivity index is 1.57. The zero-order chi connectivity index (χ0) is 22.2. The van der Waals surface area contributed by atoms with Crippen molar-refractivity contribution in [1.29, 1.82) is 0 Å². The van der Waals surface area contributed by atoms with Crippen molar-refractivity contribution < 1.29 is 4.39 Å². The largest absolute Gasteiger partial charge is 0.340 e. The molecule has 3 aromatic heterocycles. The monoisotopic (exact) mass is 432 g/mol. The standard InChI is InChI=1S/C25H29FN6/c1-4-15-8-18(26)10-22-23(15)30-25(29-22)24-19-9-16(6-7-21(19)31-32-24)20-13-28-12-17(14(20)3)11-27-5-2/h6-7,9,12-13,15,18,27H,4-5,8,10-11H2,1-3H3,(H,29,30)(H,31,32). The van der Waals surface area contributed by atoms with E-state index in [9.17, 15) is 4.39 Å². The predicted octanol–water partition coefficient (Wildman–Crippen LogP) is 5.21. The Kier molecular flexibility index (Phi) is 5.51. The topological polar surface area (TPSA) is 82.3 Å². The van der Waals surface area contributed by atoms with Crippen molar-refractivity contribution in [3.8, 4) is 22.6 Å². The van der Waals surface area contributed by atoms with Gasteiger partial charge in [0.15, 0.2) is 5.82 Å². The van der Waals surface area contributed by atoms with Gasteiger partial charge in [-0.25, -0.2) is 9.37 Å². The van der Waals surface area contributed by atoms with Gasteiger partial charge in [-0.05, 0) is 55.1 Å². The molecule has 0 saturated heterocycles. The highest BCUT2D eigenvalue weighted by Crippen LogP contribution is 2.37. The van der Waals surface area contributed by atoms with Crippen molar-refractivity contribution in [2.24, 2.45) is 0 Å². The summed E-state index contributed by atoms with van der Waals surface area (Å²) in [5.41, 5.74) is 8.25. The fraction of sp³-hybridized carbons (Fsp3) is 0.400. The van der Waals surface area contributed by atoms with Crippen molar-refractivity contribution in [2.45, 2.75) is 58.7 Å². The van der Waals surface area contributed by atoms with Gasteiger partial charge in [0.2, 0.25) is 0 Å². The molecule has 1 aromatic carbocycles. The van der Waals surface area contributed by atoms with E-state index >= 15 is 0 Å². The van der Waals surface area contributed by atoms with E-state index < -0.39 is 6.17 Å². The van der Waals surface area contributed by atoms with Crippen LogP contribution in [0.2, 0.25) is 0 Å². The van der Waals surface area contributed by atoms with Gasteiger partial charge in [0.05, 0.1) is 11.2 Å². The number of aromatic amines is 2. The van der Waals surface area contributed by atoms with E-state index in [1.54, 1.807) is 0 Å². The lowest BCUT2D eigenvalue weighted by Crippen LogP contribution is -2.19. The van der Waals surface area contributed by atoms with Crippen molar-refractivity contribution >= 4 is 10.9 Å². The molecule has 3 N–H and O–H groups in total. The highest BCUT2D eigenvalue weighted by atomic mass is 19.1. The second-order valence-electron chi connectivity index (χ2n) is 8.68. The molecule has 0 saturated carbocycles. The molecule has 2 atom stereocenters. The van der Waals surface area contributed by atoms with E-state index in [4.69, 9.17) is 4.98 Å². The number of fused-ring (bicyclic) bond motifs is 2. The minimum absolute atomic E-state index is 0.160. The molecule has 0 fully saturated rings. The van der Waals surface area contributed by atoms with Gasteiger partial charge in [-0.1, -0.05) is 19.9 Å². The first kappa shape index (κ1) is 20.8. The lowest BCUT2D eigenvalue weighted by molar-refractivity contribution is 0.271. The summed E-state index contributed by atoms with van der Waals surface area (Å²) in [5, 5.41) is 12.1. The first-order valence-electron chi connectivity index (χ1n) is 11.4. The molecule has 0 spiro atoms. The summed E-state index contributed by atoms with van der Waals surface area (Å²) in [5.74, 6) is 0.870. The lowest BCUT2D eigenvalue weighted by atomic mass is 9.87. The summed E-state index contributed by atoms with van der Waals surface area (Å²) in [7, 11) is 0. The van der Waals surface area contributed by atoms with Crippen LogP contribution < -0.4 is 5.32 Å². The van der Waals surface area contributed by atoms with Crippen LogP contribution in [0.25, 0.3) is 33.5 Å². The van der Waals surface area contributed by atoms with E-state index in [1.807, 2.05) is 18.5 Å². The molecule has 166 valence electrons. The van der Waals surface area contributed by atoms with Gasteiger partial charge >= 0.3 is 0 Å². The Hall–Kier alpha value is -3.06. The van der Waals surface area contributed by atoms with Crippen LogP contribution in [0.1, 0.15) is 55.1 Å². The zero-order valence-corrected chi connectivity index (χ0v) is 18.8. The number of rotatable bonds is 6. The number of nitrogens with zero attached hydrogens (tertiary/aromatic N) is 3. The normalized spacial score (nSPS) is 18.2. The van der Waals surface area contributed by atoms with E-state index in [0.29, 0.717) is 18.7 Å². The third kappa shape index (κ3) is 3.60. The fourth-order valence-corrected chi connectivity index (χ4v) is 4.77. The second kappa shape index (κ2) is 8.47. The predicted molar refractivity (Wildman–Crippen MR) is 125 cm³/mol. The number of pyridine rings is 1. The van der Waals surface area contributed by atoms with Gasteiger partial charge in [-0.2, -0.15) is 5.10 Å². The number of alkyl halides is 1. The quantitative estimate of drug-likeness (QED) is 0.391. The fourth-order valence-electron chi connectivity index (χ4n) is 4.77. The summed E-state index contributed by atoms with van der Waals surface area (Å²) in [6, 6.07) is 6.29. The molecular formula is C25H29FN6. The molecule has 32 heavy (non-hydrogen) atoms. The average Bonchev–Trinajstić information content (AvgIpc) is 3.41. The van der Waals surface area contributed by atoms with Gasteiger partial charge in [-0.15, -0.1) is 0 Å². The molecular weight excluding hydrogens is 403 g/mol. The molecule has 3 heterocycles. The van der Waals surface area contributed by atoms with Crippen LogP contribution in [0.15, 0.2) is 30.6 Å². The summed E-state index contributed by atoms with van der Waals surface area (Å²) < 4.78 is 14.2. The van der Waals surface area contributed by atoms with E-state index in [0.717, 1.165) is 58.6 Å². The Morgan fingerprint density at radius 1 is 1.22 bits per heavy atom. The van der Waals surface area contributed by atoms with Gasteiger partial charge in [0, 0.05) is 47.9 Å². The van der Waals surface area contributed by atoms with Gasteiger partial charge in [-0.3, -0.25) is 10.1 Å². The van der Waals surface area contributed by atoms with Crippen LogP contribution in [0, 0.1) is 6.92 Å². The zero-order valence-electron chi connectivity index (χ0n) is 18.8. The highest BCUT2D eigenvalue weighted by molar-refractivity contribution is 5.94. The Bertz CT molecular complexity index is 1260. The number of hydrogen-bond donors (Lipinski definition) is 3. The summed E-state index contributed by atoms with van der Waals surface area (Å²) in [6.07, 6.45) is 4.88. The Morgan fingerprint density at radius 3 is 2.91 bits per heavy atom. The minimum Gasteiger partial charge on any atom is -0.340 e. The minimum atomic E-state index is -0.812. The molecule has 6 nitrogen and oxygen atoms in total. The molecule has 0 radical (unpaired) electrons. The van der Waals surface area contributed by atoms with Crippen LogP contribution in [-0.2, 0) is 13.0 Å². The third-order valence-electron chi connectivity index (χ3n) is 6.64. The van der Waals surface area contributed by atoms with Crippen LogP contribution in [0.5, 0.6) is 0 Å². The SMILES string of the molecule is CCNCc1cncc(-c2ccc3[nH]nc(-c4nc5c([nH]4)CC(F)CC5CC)c3c2)c1C. The highest BCUT2D eigenvalue weighted by Gasteiger charge is 2.30. The molecule has 0 aliphatic heterocycles. The average molecular weight is 433 g/mol. The van der Waals surface area contributed by atoms with Crippen LogP contribution in [0.3, 0.4) is 0 Å². The first-order chi connectivity index (χ1) is 15.6. The van der Waals surface area contributed by atoms with Gasteiger partial charge < -0.3 is 10.3 Å². The number of H-pyrrole nitrogens is 2. The lowest BCUT2D eigenvalue weighted by Gasteiger charge is -2.22. The molecule has 1 aliphatic carbocycles. The van der Waals surface area contributed by atoms with Crippen molar-refractivity contribution in [3.63, 3.8) is 0 Å². The maximum Gasteiger partial charge on any atom is 0.159 e. The number of hydrogen-bond acceptors (Lipinski definition) is 4. The number of aromatic nitrogens is 5. The number of nitrogens with one attached hydrogen (secondary N) is 3. The third-order valence-corrected chi connectivity index (χ3v) is 6.64. The molecule has 4 aromatic rings. The molecule has 1 aliphatic rings. The Morgan fingerprint density at radius 2 is 2.09 bits per heavy atom. The van der Waals surface area contributed by atoms with Crippen molar-refractivity contribution in [2.75, 3.05) is 6.54 Å². The van der Waals surface area contributed by atoms with Gasteiger partial charge in [0.1, 0.15) is 11.9 Å².